The third-order valence-electron chi connectivity index (χ3n) is 2.62. The molecular formula is C12H12N2O2. The molecule has 0 aromatic carbocycles. The van der Waals surface area contributed by atoms with Crippen LogP contribution in [0, 0.1) is 16.0 Å². The predicted octanol–water partition coefficient (Wildman–Crippen LogP) is 2.97. The highest BCUT2D eigenvalue weighted by atomic mass is 16.6. The molecule has 0 saturated heterocycles. The minimum Gasteiger partial charge on any atom is -0.258 e. The Morgan fingerprint density at radius 3 is 3.06 bits per heavy atom. The second-order valence-corrected chi connectivity index (χ2v) is 3.91. The van der Waals surface area contributed by atoms with Gasteiger partial charge < -0.3 is 0 Å². The molecular weight excluding hydrogens is 204 g/mol. The van der Waals surface area contributed by atoms with E-state index in [4.69, 9.17) is 0 Å². The SMILES string of the molecule is CC1C=CC=C(c2ccncc2[N+](=O)[O-])C1. The minimum absolute atomic E-state index is 0.0799. The number of pyridine rings is 1. The Morgan fingerprint density at radius 2 is 2.38 bits per heavy atom. The summed E-state index contributed by atoms with van der Waals surface area (Å²) >= 11 is 0. The average molecular weight is 216 g/mol. The normalized spacial score (nSPS) is 19.3. The minimum atomic E-state index is -0.383. The Morgan fingerprint density at radius 1 is 1.56 bits per heavy atom. The van der Waals surface area contributed by atoms with Crippen LogP contribution in [0.2, 0.25) is 0 Å². The summed E-state index contributed by atoms with van der Waals surface area (Å²) in [4.78, 5) is 14.3. The molecule has 0 amide bonds. The molecule has 0 N–H and O–H groups in total. The van der Waals surface area contributed by atoms with E-state index in [1.54, 1.807) is 12.3 Å². The van der Waals surface area contributed by atoms with E-state index in [1.165, 1.54) is 6.20 Å². The summed E-state index contributed by atoms with van der Waals surface area (Å²) in [5, 5.41) is 10.9. The third-order valence-corrected chi connectivity index (χ3v) is 2.62. The number of nitrogens with zero attached hydrogens (tertiary/aromatic N) is 2. The van der Waals surface area contributed by atoms with Gasteiger partial charge in [-0.25, -0.2) is 0 Å². The number of allylic oxidation sites excluding steroid dienone is 4. The molecule has 1 aromatic heterocycles. The zero-order valence-electron chi connectivity index (χ0n) is 8.96. The second-order valence-electron chi connectivity index (χ2n) is 3.91. The van der Waals surface area contributed by atoms with Gasteiger partial charge in [-0.2, -0.15) is 0 Å². The Bertz CT molecular complexity index is 478. The van der Waals surface area contributed by atoms with Gasteiger partial charge in [0.2, 0.25) is 0 Å². The first kappa shape index (κ1) is 10.5. The monoisotopic (exact) mass is 216 g/mol. The molecule has 1 heterocycles. The summed E-state index contributed by atoms with van der Waals surface area (Å²) in [6.45, 7) is 2.09. The van der Waals surface area contributed by atoms with Crippen molar-refractivity contribution in [3.63, 3.8) is 0 Å². The first-order valence-electron chi connectivity index (χ1n) is 5.14. The molecule has 0 bridgehead atoms. The van der Waals surface area contributed by atoms with E-state index in [1.807, 2.05) is 12.2 Å². The molecule has 1 aliphatic carbocycles. The van der Waals surface area contributed by atoms with E-state index >= 15 is 0 Å². The van der Waals surface area contributed by atoms with Crippen LogP contribution in [-0.4, -0.2) is 9.91 Å². The zero-order chi connectivity index (χ0) is 11.5. The van der Waals surface area contributed by atoms with Crippen molar-refractivity contribution in [3.8, 4) is 0 Å². The summed E-state index contributed by atoms with van der Waals surface area (Å²) in [7, 11) is 0. The van der Waals surface area contributed by atoms with Gasteiger partial charge in [0.15, 0.2) is 0 Å². The molecule has 0 spiro atoms. The Kier molecular flexibility index (Phi) is 2.81. The lowest BCUT2D eigenvalue weighted by Crippen LogP contribution is -2.01. The van der Waals surface area contributed by atoms with Crippen LogP contribution in [0.25, 0.3) is 5.57 Å². The van der Waals surface area contributed by atoms with Crippen molar-refractivity contribution in [3.05, 3.63) is 52.4 Å². The number of aromatic nitrogens is 1. The molecule has 1 unspecified atom stereocenters. The Hall–Kier alpha value is -1.97. The average Bonchev–Trinajstić information content (AvgIpc) is 2.29. The van der Waals surface area contributed by atoms with Crippen LogP contribution < -0.4 is 0 Å². The van der Waals surface area contributed by atoms with Crippen molar-refractivity contribution >= 4 is 11.3 Å². The summed E-state index contributed by atoms with van der Waals surface area (Å²) < 4.78 is 0. The smallest absolute Gasteiger partial charge is 0.258 e. The van der Waals surface area contributed by atoms with Crippen molar-refractivity contribution < 1.29 is 4.92 Å². The van der Waals surface area contributed by atoms with Crippen LogP contribution in [-0.2, 0) is 0 Å². The largest absolute Gasteiger partial charge is 0.294 e. The van der Waals surface area contributed by atoms with E-state index in [-0.39, 0.29) is 10.6 Å². The summed E-state index contributed by atoms with van der Waals surface area (Å²) in [6.07, 6.45) is 9.71. The van der Waals surface area contributed by atoms with E-state index in [9.17, 15) is 10.1 Å². The van der Waals surface area contributed by atoms with Crippen molar-refractivity contribution in [1.82, 2.24) is 4.98 Å². The highest BCUT2D eigenvalue weighted by Gasteiger charge is 2.18. The van der Waals surface area contributed by atoms with Crippen molar-refractivity contribution in [2.24, 2.45) is 5.92 Å². The standard InChI is InChI=1S/C12H12N2O2/c1-9-3-2-4-10(7-9)11-5-6-13-8-12(11)14(15)16/h2-6,8-9H,7H2,1H3. The maximum absolute atomic E-state index is 10.9. The Labute approximate surface area is 93.5 Å². The first-order valence-corrected chi connectivity index (χ1v) is 5.14. The van der Waals surface area contributed by atoms with Gasteiger partial charge >= 0.3 is 0 Å². The molecule has 1 atom stereocenters. The fraction of sp³-hybridized carbons (Fsp3) is 0.250. The van der Waals surface area contributed by atoms with Crippen LogP contribution in [0.15, 0.2) is 36.7 Å². The molecule has 0 fully saturated rings. The maximum Gasteiger partial charge on any atom is 0.294 e. The van der Waals surface area contributed by atoms with Crippen LogP contribution in [0.5, 0.6) is 0 Å². The fourth-order valence-corrected chi connectivity index (χ4v) is 1.85. The van der Waals surface area contributed by atoms with Crippen LogP contribution in [0.1, 0.15) is 18.9 Å². The highest BCUT2D eigenvalue weighted by molar-refractivity contribution is 5.74. The summed E-state index contributed by atoms with van der Waals surface area (Å²) in [6, 6.07) is 1.70. The molecule has 0 aliphatic heterocycles. The van der Waals surface area contributed by atoms with Gasteiger partial charge in [0, 0.05) is 6.20 Å². The van der Waals surface area contributed by atoms with Gasteiger partial charge in [0.05, 0.1) is 10.5 Å². The quantitative estimate of drug-likeness (QED) is 0.564. The lowest BCUT2D eigenvalue weighted by molar-refractivity contribution is -0.385. The van der Waals surface area contributed by atoms with E-state index in [2.05, 4.69) is 18.0 Å². The molecule has 4 heteroatoms. The van der Waals surface area contributed by atoms with E-state index in [0.29, 0.717) is 11.5 Å². The fourth-order valence-electron chi connectivity index (χ4n) is 1.85. The molecule has 16 heavy (non-hydrogen) atoms. The van der Waals surface area contributed by atoms with Crippen molar-refractivity contribution in [2.75, 3.05) is 0 Å². The van der Waals surface area contributed by atoms with Gasteiger partial charge in [0.25, 0.3) is 5.69 Å². The van der Waals surface area contributed by atoms with E-state index < -0.39 is 0 Å². The molecule has 82 valence electrons. The van der Waals surface area contributed by atoms with Crippen LogP contribution in [0.3, 0.4) is 0 Å². The zero-order valence-corrected chi connectivity index (χ0v) is 8.96. The van der Waals surface area contributed by atoms with Gasteiger partial charge in [-0.3, -0.25) is 15.1 Å². The van der Waals surface area contributed by atoms with Crippen LogP contribution >= 0.6 is 0 Å². The third kappa shape index (κ3) is 2.00. The molecule has 0 saturated carbocycles. The van der Waals surface area contributed by atoms with Gasteiger partial charge in [-0.05, 0) is 24.0 Å². The highest BCUT2D eigenvalue weighted by Crippen LogP contribution is 2.31. The molecule has 4 nitrogen and oxygen atoms in total. The summed E-state index contributed by atoms with van der Waals surface area (Å²) in [5.74, 6) is 0.424. The van der Waals surface area contributed by atoms with E-state index in [0.717, 1.165) is 12.0 Å². The predicted molar refractivity (Wildman–Crippen MR) is 61.8 cm³/mol. The van der Waals surface area contributed by atoms with Crippen LogP contribution in [0.4, 0.5) is 5.69 Å². The number of hydrogen-bond acceptors (Lipinski definition) is 3. The summed E-state index contributed by atoms with van der Waals surface area (Å²) in [5.41, 5.74) is 1.76. The molecule has 1 aromatic rings. The van der Waals surface area contributed by atoms with Crippen molar-refractivity contribution in [2.45, 2.75) is 13.3 Å². The number of nitro groups is 1. The number of hydrogen-bond donors (Lipinski definition) is 0. The second kappa shape index (κ2) is 4.26. The molecule has 1 aliphatic rings. The topological polar surface area (TPSA) is 56.0 Å². The van der Waals surface area contributed by atoms with Gasteiger partial charge in [-0.15, -0.1) is 0 Å². The van der Waals surface area contributed by atoms with Gasteiger partial charge in [0.1, 0.15) is 6.20 Å². The Balaban J connectivity index is 2.44. The number of rotatable bonds is 2. The first-order chi connectivity index (χ1) is 7.68. The maximum atomic E-state index is 10.9. The van der Waals surface area contributed by atoms with Gasteiger partial charge in [-0.1, -0.05) is 25.2 Å². The van der Waals surface area contributed by atoms with Crippen molar-refractivity contribution in [1.29, 1.82) is 0 Å². The molecule has 2 rings (SSSR count). The molecule has 0 radical (unpaired) electrons. The lowest BCUT2D eigenvalue weighted by atomic mass is 9.91. The lowest BCUT2D eigenvalue weighted by Gasteiger charge is -2.14.